The number of likely N-dealkylation sites (tertiary alicyclic amines) is 1. The number of hydrogen-bond acceptors (Lipinski definition) is 3. The number of aliphatic carboxylic acids is 1. The third-order valence-corrected chi connectivity index (χ3v) is 3.44. The monoisotopic (exact) mass is 262 g/mol. The number of nitrogens with zero attached hydrogens (tertiary/aromatic N) is 1. The second-order valence-corrected chi connectivity index (χ2v) is 4.83. The van der Waals surface area contributed by atoms with Crippen LogP contribution in [0.25, 0.3) is 0 Å². The molecule has 1 aromatic carbocycles. The van der Waals surface area contributed by atoms with Crippen molar-refractivity contribution in [1.29, 1.82) is 0 Å². The molecule has 5 heteroatoms. The lowest BCUT2D eigenvalue weighted by Crippen LogP contribution is -2.40. The second kappa shape index (κ2) is 5.73. The van der Waals surface area contributed by atoms with E-state index in [1.54, 1.807) is 6.07 Å². The first-order valence-corrected chi connectivity index (χ1v) is 6.44. The molecule has 5 nitrogen and oxygen atoms in total. The molecule has 19 heavy (non-hydrogen) atoms. The number of carboxylic acids is 1. The van der Waals surface area contributed by atoms with Gasteiger partial charge in [-0.05, 0) is 37.0 Å². The van der Waals surface area contributed by atoms with Crippen LogP contribution in [0.2, 0.25) is 0 Å². The van der Waals surface area contributed by atoms with Gasteiger partial charge in [0.2, 0.25) is 5.91 Å². The third kappa shape index (κ3) is 3.24. The molecule has 0 aliphatic carbocycles. The van der Waals surface area contributed by atoms with E-state index in [0.717, 1.165) is 12.0 Å². The van der Waals surface area contributed by atoms with E-state index in [0.29, 0.717) is 31.5 Å². The number of amides is 1. The molecular weight excluding hydrogens is 244 g/mol. The van der Waals surface area contributed by atoms with Gasteiger partial charge in [-0.1, -0.05) is 12.1 Å². The van der Waals surface area contributed by atoms with Crippen LogP contribution in [-0.4, -0.2) is 34.5 Å². The largest absolute Gasteiger partial charge is 0.480 e. The van der Waals surface area contributed by atoms with Gasteiger partial charge < -0.3 is 15.7 Å². The summed E-state index contributed by atoms with van der Waals surface area (Å²) in [4.78, 5) is 24.6. The van der Waals surface area contributed by atoms with Gasteiger partial charge in [-0.25, -0.2) is 4.79 Å². The number of nitrogens with two attached hydrogens (primary N) is 1. The summed E-state index contributed by atoms with van der Waals surface area (Å²) in [5.74, 6) is -0.998. The van der Waals surface area contributed by atoms with Crippen LogP contribution in [0.4, 0.5) is 5.69 Å². The quantitative estimate of drug-likeness (QED) is 0.800. The Hall–Kier alpha value is -2.04. The van der Waals surface area contributed by atoms with Crippen molar-refractivity contribution in [2.75, 3.05) is 12.3 Å². The number of carboxylic acid groups (broad SMARTS) is 1. The zero-order chi connectivity index (χ0) is 13.8. The first kappa shape index (κ1) is 13.4. The van der Waals surface area contributed by atoms with Crippen LogP contribution in [0.5, 0.6) is 0 Å². The van der Waals surface area contributed by atoms with Crippen LogP contribution in [-0.2, 0) is 16.0 Å². The van der Waals surface area contributed by atoms with Crippen LogP contribution in [0.15, 0.2) is 24.3 Å². The fourth-order valence-electron chi connectivity index (χ4n) is 2.47. The third-order valence-electron chi connectivity index (χ3n) is 3.44. The number of benzene rings is 1. The van der Waals surface area contributed by atoms with Gasteiger partial charge in [0, 0.05) is 18.7 Å². The number of rotatable bonds is 4. The molecule has 1 saturated heterocycles. The summed E-state index contributed by atoms with van der Waals surface area (Å²) in [6.07, 6.45) is 2.24. The highest BCUT2D eigenvalue weighted by Gasteiger charge is 2.33. The summed E-state index contributed by atoms with van der Waals surface area (Å²) in [6.45, 7) is 0.548. The van der Waals surface area contributed by atoms with Crippen LogP contribution in [0.3, 0.4) is 0 Å². The number of anilines is 1. The minimum absolute atomic E-state index is 0.0904. The van der Waals surface area contributed by atoms with Crippen molar-refractivity contribution in [2.45, 2.75) is 31.7 Å². The lowest BCUT2D eigenvalue weighted by atomic mass is 10.1. The molecule has 0 radical (unpaired) electrons. The van der Waals surface area contributed by atoms with Crippen LogP contribution >= 0.6 is 0 Å². The van der Waals surface area contributed by atoms with Gasteiger partial charge in [-0.3, -0.25) is 4.79 Å². The maximum absolute atomic E-state index is 12.0. The summed E-state index contributed by atoms with van der Waals surface area (Å²) >= 11 is 0. The standard InChI is InChI=1S/C14H18N2O3/c15-11-4-1-3-10(9-11)6-7-13(17)16-8-2-5-12(16)14(18)19/h1,3-4,9,12H,2,5-8,15H2,(H,18,19). The average Bonchev–Trinajstić information content (AvgIpc) is 2.85. The fraction of sp³-hybridized carbons (Fsp3) is 0.429. The van der Waals surface area contributed by atoms with E-state index in [2.05, 4.69) is 0 Å². The van der Waals surface area contributed by atoms with Crippen LogP contribution < -0.4 is 5.73 Å². The second-order valence-electron chi connectivity index (χ2n) is 4.83. The Bertz CT molecular complexity index is 487. The molecule has 1 unspecified atom stereocenters. The number of carbonyl (C=O) groups is 2. The first-order chi connectivity index (χ1) is 9.08. The van der Waals surface area contributed by atoms with Crippen molar-refractivity contribution in [2.24, 2.45) is 0 Å². The summed E-state index contributed by atoms with van der Waals surface area (Å²) < 4.78 is 0. The molecule has 0 aromatic heterocycles. The summed E-state index contributed by atoms with van der Waals surface area (Å²) in [5.41, 5.74) is 7.35. The summed E-state index contributed by atoms with van der Waals surface area (Å²) in [7, 11) is 0. The molecule has 1 atom stereocenters. The Morgan fingerprint density at radius 1 is 1.42 bits per heavy atom. The lowest BCUT2D eigenvalue weighted by Gasteiger charge is -2.21. The minimum Gasteiger partial charge on any atom is -0.480 e. The molecule has 1 aromatic rings. The van der Waals surface area contributed by atoms with Crippen LogP contribution in [0, 0.1) is 0 Å². The Kier molecular flexibility index (Phi) is 4.04. The van der Waals surface area contributed by atoms with Gasteiger partial charge in [0.05, 0.1) is 0 Å². The minimum atomic E-state index is -0.908. The number of hydrogen-bond donors (Lipinski definition) is 2. The molecule has 1 aliphatic heterocycles. The van der Waals surface area contributed by atoms with E-state index in [9.17, 15) is 9.59 Å². The SMILES string of the molecule is Nc1cccc(CCC(=O)N2CCCC2C(=O)O)c1. The van der Waals surface area contributed by atoms with Crippen molar-refractivity contribution in [3.8, 4) is 0 Å². The maximum atomic E-state index is 12.0. The zero-order valence-electron chi connectivity index (χ0n) is 10.7. The Labute approximate surface area is 112 Å². The van der Waals surface area contributed by atoms with Crippen molar-refractivity contribution in [1.82, 2.24) is 4.90 Å². The molecule has 2 rings (SSSR count). The van der Waals surface area contributed by atoms with Gasteiger partial charge >= 0.3 is 5.97 Å². The fourth-order valence-corrected chi connectivity index (χ4v) is 2.47. The average molecular weight is 262 g/mol. The summed E-state index contributed by atoms with van der Waals surface area (Å²) in [6, 6.07) is 6.76. The van der Waals surface area contributed by atoms with E-state index in [1.165, 1.54) is 4.90 Å². The molecule has 102 valence electrons. The lowest BCUT2D eigenvalue weighted by molar-refractivity contribution is -0.148. The molecule has 1 aliphatic rings. The zero-order valence-corrected chi connectivity index (χ0v) is 10.7. The highest BCUT2D eigenvalue weighted by atomic mass is 16.4. The predicted octanol–water partition coefficient (Wildman–Crippen LogP) is 1.28. The van der Waals surface area contributed by atoms with Gasteiger partial charge in [-0.15, -0.1) is 0 Å². The van der Waals surface area contributed by atoms with E-state index >= 15 is 0 Å². The number of aryl methyl sites for hydroxylation is 1. The Balaban J connectivity index is 1.92. The molecule has 1 fully saturated rings. The van der Waals surface area contributed by atoms with Crippen molar-refractivity contribution in [3.63, 3.8) is 0 Å². The predicted molar refractivity (Wildman–Crippen MR) is 71.5 cm³/mol. The normalized spacial score (nSPS) is 18.5. The molecule has 1 heterocycles. The van der Waals surface area contributed by atoms with Gasteiger partial charge in [0.15, 0.2) is 0 Å². The van der Waals surface area contributed by atoms with Crippen molar-refractivity contribution < 1.29 is 14.7 Å². The first-order valence-electron chi connectivity index (χ1n) is 6.44. The molecule has 3 N–H and O–H groups in total. The summed E-state index contributed by atoms with van der Waals surface area (Å²) in [5, 5.41) is 9.04. The highest BCUT2D eigenvalue weighted by molar-refractivity contribution is 5.84. The topological polar surface area (TPSA) is 83.6 Å². The molecule has 0 saturated carbocycles. The van der Waals surface area contributed by atoms with E-state index in [4.69, 9.17) is 10.8 Å². The molecule has 1 amide bonds. The van der Waals surface area contributed by atoms with E-state index in [-0.39, 0.29) is 5.91 Å². The van der Waals surface area contributed by atoms with Crippen molar-refractivity contribution >= 4 is 17.6 Å². The van der Waals surface area contributed by atoms with Gasteiger partial charge in [-0.2, -0.15) is 0 Å². The van der Waals surface area contributed by atoms with Crippen LogP contribution in [0.1, 0.15) is 24.8 Å². The molecule has 0 bridgehead atoms. The maximum Gasteiger partial charge on any atom is 0.326 e. The Morgan fingerprint density at radius 2 is 2.21 bits per heavy atom. The van der Waals surface area contributed by atoms with E-state index < -0.39 is 12.0 Å². The van der Waals surface area contributed by atoms with E-state index in [1.807, 2.05) is 18.2 Å². The molecule has 0 spiro atoms. The van der Waals surface area contributed by atoms with Crippen molar-refractivity contribution in [3.05, 3.63) is 29.8 Å². The number of nitrogen functional groups attached to an aromatic ring is 1. The van der Waals surface area contributed by atoms with Gasteiger partial charge in [0.1, 0.15) is 6.04 Å². The number of carbonyl (C=O) groups excluding carboxylic acids is 1. The van der Waals surface area contributed by atoms with Gasteiger partial charge in [0.25, 0.3) is 0 Å². The molecular formula is C14H18N2O3. The Morgan fingerprint density at radius 3 is 2.89 bits per heavy atom. The highest BCUT2D eigenvalue weighted by Crippen LogP contribution is 2.19. The smallest absolute Gasteiger partial charge is 0.326 e.